The fraction of sp³-hybridized carbons (Fsp3) is 0.462. The number of carbonyl (C=O) groups excluding carboxylic acids is 3. The van der Waals surface area contributed by atoms with Crippen LogP contribution < -0.4 is 5.32 Å². The Balaban J connectivity index is 1.54. The Hall–Kier alpha value is -3.18. The van der Waals surface area contributed by atoms with Gasteiger partial charge in [0.05, 0.1) is 5.56 Å². The maximum absolute atomic E-state index is 13.3. The summed E-state index contributed by atoms with van der Waals surface area (Å²) in [5.41, 5.74) is 4.43. The number of nitriles is 1. The van der Waals surface area contributed by atoms with Crippen LogP contribution in [0.15, 0.2) is 11.6 Å². The molecule has 176 valence electrons. The zero-order valence-corrected chi connectivity index (χ0v) is 20.4. The first-order valence-electron chi connectivity index (χ1n) is 12.0. The van der Waals surface area contributed by atoms with E-state index in [0.717, 1.165) is 85.3 Å². The maximum atomic E-state index is 13.3. The molecule has 4 amide bonds. The van der Waals surface area contributed by atoms with Crippen molar-refractivity contribution in [2.75, 3.05) is 0 Å². The normalized spacial score (nSPS) is 20.4. The highest BCUT2D eigenvalue weighted by Crippen LogP contribution is 2.38. The number of hydrogen-bond acceptors (Lipinski definition) is 5. The van der Waals surface area contributed by atoms with Crippen molar-refractivity contribution in [1.29, 1.82) is 5.26 Å². The Morgan fingerprint density at radius 1 is 1.09 bits per heavy atom. The first-order valence-corrected chi connectivity index (χ1v) is 12.9. The Morgan fingerprint density at radius 3 is 2.56 bits per heavy atom. The summed E-state index contributed by atoms with van der Waals surface area (Å²) in [6.45, 7) is 3.91. The number of barbiturate groups is 1. The molecule has 2 aromatic heterocycles. The third-order valence-electron chi connectivity index (χ3n) is 7.31. The second-order valence-corrected chi connectivity index (χ2v) is 10.5. The molecule has 0 atom stereocenters. The molecule has 1 saturated heterocycles. The van der Waals surface area contributed by atoms with Gasteiger partial charge in [0.15, 0.2) is 0 Å². The molecule has 5 rings (SSSR count). The van der Waals surface area contributed by atoms with Crippen molar-refractivity contribution in [2.45, 2.75) is 77.7 Å². The van der Waals surface area contributed by atoms with Gasteiger partial charge in [0.1, 0.15) is 16.6 Å². The smallest absolute Gasteiger partial charge is 0.308 e. The summed E-state index contributed by atoms with van der Waals surface area (Å²) < 4.78 is 2.06. The van der Waals surface area contributed by atoms with Crippen molar-refractivity contribution in [2.24, 2.45) is 0 Å². The van der Waals surface area contributed by atoms with Gasteiger partial charge >= 0.3 is 6.03 Å². The van der Waals surface area contributed by atoms with E-state index in [0.29, 0.717) is 0 Å². The summed E-state index contributed by atoms with van der Waals surface area (Å²) in [7, 11) is 0. The van der Waals surface area contributed by atoms with Gasteiger partial charge in [0.2, 0.25) is 0 Å². The van der Waals surface area contributed by atoms with Gasteiger partial charge in [0.25, 0.3) is 11.8 Å². The summed E-state index contributed by atoms with van der Waals surface area (Å²) in [6.07, 6.45) is 10.4. The molecule has 2 fully saturated rings. The van der Waals surface area contributed by atoms with Gasteiger partial charge in [-0.15, -0.1) is 11.3 Å². The molecule has 2 aromatic rings. The lowest BCUT2D eigenvalue weighted by atomic mass is 9.93. The van der Waals surface area contributed by atoms with Crippen molar-refractivity contribution >= 4 is 35.3 Å². The SMILES string of the molecule is Cc1cc(C=C2C(=O)NC(=O)N(C3CCCCC3)C2=O)c(C)n1-c1sc2c(c1C#N)CCCC2. The third kappa shape index (κ3) is 3.68. The van der Waals surface area contributed by atoms with Gasteiger partial charge in [-0.25, -0.2) is 4.79 Å². The molecule has 0 aromatic carbocycles. The van der Waals surface area contributed by atoms with Gasteiger partial charge in [-0.05, 0) is 75.6 Å². The molecule has 8 heteroatoms. The van der Waals surface area contributed by atoms with Crippen LogP contribution in [-0.4, -0.2) is 33.4 Å². The van der Waals surface area contributed by atoms with E-state index < -0.39 is 17.8 Å². The zero-order chi connectivity index (χ0) is 24.0. The molecular weight excluding hydrogens is 448 g/mol. The van der Waals surface area contributed by atoms with E-state index in [1.807, 2.05) is 19.9 Å². The second kappa shape index (κ2) is 8.88. The average Bonchev–Trinajstić information content (AvgIpc) is 3.32. The van der Waals surface area contributed by atoms with Crippen LogP contribution in [0, 0.1) is 25.2 Å². The summed E-state index contributed by atoms with van der Waals surface area (Å²) in [6, 6.07) is 3.57. The van der Waals surface area contributed by atoms with E-state index in [-0.39, 0.29) is 11.6 Å². The Bertz CT molecular complexity index is 1270. The van der Waals surface area contributed by atoms with Crippen LogP contribution in [0.1, 0.15) is 77.9 Å². The van der Waals surface area contributed by atoms with Crippen molar-refractivity contribution in [3.63, 3.8) is 0 Å². The van der Waals surface area contributed by atoms with Crippen LogP contribution in [0.5, 0.6) is 0 Å². The third-order valence-corrected chi connectivity index (χ3v) is 8.59. The highest BCUT2D eigenvalue weighted by molar-refractivity contribution is 7.15. The van der Waals surface area contributed by atoms with Crippen LogP contribution in [0.4, 0.5) is 4.79 Å². The summed E-state index contributed by atoms with van der Waals surface area (Å²) in [5.74, 6) is -1.18. The predicted octanol–water partition coefficient (Wildman–Crippen LogP) is 4.70. The van der Waals surface area contributed by atoms with E-state index in [1.165, 1.54) is 15.3 Å². The van der Waals surface area contributed by atoms with Gasteiger partial charge in [-0.3, -0.25) is 19.8 Å². The molecule has 2 aliphatic carbocycles. The first-order chi connectivity index (χ1) is 16.4. The number of aromatic nitrogens is 1. The number of imide groups is 2. The van der Waals surface area contributed by atoms with Crippen LogP contribution in [0.2, 0.25) is 0 Å². The molecule has 0 spiro atoms. The molecule has 0 bridgehead atoms. The number of nitrogens with one attached hydrogen (secondary N) is 1. The van der Waals surface area contributed by atoms with Crippen molar-refractivity contribution < 1.29 is 14.4 Å². The van der Waals surface area contributed by atoms with Gasteiger partial charge in [-0.1, -0.05) is 19.3 Å². The molecule has 0 unspecified atom stereocenters. The number of rotatable bonds is 3. The minimum absolute atomic E-state index is 0.0172. The van der Waals surface area contributed by atoms with Gasteiger partial charge in [0, 0.05) is 22.3 Å². The lowest BCUT2D eigenvalue weighted by molar-refractivity contribution is -0.132. The van der Waals surface area contributed by atoms with Crippen LogP contribution in [0.3, 0.4) is 0 Å². The Labute approximate surface area is 203 Å². The number of thiophene rings is 1. The number of amides is 4. The quantitative estimate of drug-likeness (QED) is 0.513. The Morgan fingerprint density at radius 2 is 1.82 bits per heavy atom. The molecule has 1 N–H and O–H groups in total. The van der Waals surface area contributed by atoms with E-state index in [9.17, 15) is 19.6 Å². The van der Waals surface area contributed by atoms with E-state index in [2.05, 4.69) is 16.0 Å². The highest BCUT2D eigenvalue weighted by Gasteiger charge is 2.40. The lowest BCUT2D eigenvalue weighted by Gasteiger charge is -2.35. The Kier molecular flexibility index (Phi) is 5.90. The number of hydrogen-bond donors (Lipinski definition) is 1. The highest BCUT2D eigenvalue weighted by atomic mass is 32.1. The number of nitrogens with zero attached hydrogens (tertiary/aromatic N) is 3. The molecule has 1 aliphatic heterocycles. The molecule has 3 heterocycles. The molecule has 3 aliphatic rings. The molecule has 1 saturated carbocycles. The van der Waals surface area contributed by atoms with Crippen LogP contribution in [0.25, 0.3) is 11.1 Å². The van der Waals surface area contributed by atoms with E-state index in [4.69, 9.17) is 0 Å². The minimum Gasteiger partial charge on any atom is -0.308 e. The van der Waals surface area contributed by atoms with Crippen molar-refractivity contribution in [3.05, 3.63) is 44.6 Å². The fourth-order valence-corrected chi connectivity index (χ4v) is 7.02. The van der Waals surface area contributed by atoms with Crippen molar-refractivity contribution in [1.82, 2.24) is 14.8 Å². The van der Waals surface area contributed by atoms with Crippen LogP contribution >= 0.6 is 11.3 Å². The summed E-state index contributed by atoms with van der Waals surface area (Å²) in [4.78, 5) is 41.0. The summed E-state index contributed by atoms with van der Waals surface area (Å²) >= 11 is 1.67. The largest absolute Gasteiger partial charge is 0.331 e. The topological polar surface area (TPSA) is 95.2 Å². The standard InChI is InChI=1S/C26H28N4O3S/c1-15-12-17(16(2)29(15)25-21(14-27)19-10-6-7-11-22(19)34-25)13-20-23(31)28-26(33)30(24(20)32)18-8-4-3-5-9-18/h12-13,18H,3-11H2,1-2H3,(H,28,31,33). The lowest BCUT2D eigenvalue weighted by Crippen LogP contribution is -2.58. The van der Waals surface area contributed by atoms with Gasteiger partial charge < -0.3 is 4.57 Å². The van der Waals surface area contributed by atoms with Crippen molar-refractivity contribution in [3.8, 4) is 11.1 Å². The molecule has 7 nitrogen and oxygen atoms in total. The zero-order valence-electron chi connectivity index (χ0n) is 19.6. The monoisotopic (exact) mass is 476 g/mol. The predicted molar refractivity (Wildman–Crippen MR) is 130 cm³/mol. The van der Waals surface area contributed by atoms with Crippen LogP contribution in [-0.2, 0) is 22.4 Å². The second-order valence-electron chi connectivity index (χ2n) is 9.45. The average molecular weight is 477 g/mol. The molecular formula is C26H28N4O3S. The number of aryl methyl sites for hydroxylation is 2. The first kappa shape index (κ1) is 22.6. The maximum Gasteiger partial charge on any atom is 0.331 e. The van der Waals surface area contributed by atoms with E-state index >= 15 is 0 Å². The number of fused-ring (bicyclic) bond motifs is 1. The minimum atomic E-state index is -0.656. The van der Waals surface area contributed by atoms with Gasteiger partial charge in [-0.2, -0.15) is 5.26 Å². The molecule has 34 heavy (non-hydrogen) atoms. The fourth-order valence-electron chi connectivity index (χ4n) is 5.57. The molecule has 0 radical (unpaired) electrons. The summed E-state index contributed by atoms with van der Waals surface area (Å²) in [5, 5.41) is 13.2. The van der Waals surface area contributed by atoms with E-state index in [1.54, 1.807) is 17.4 Å². The number of carbonyl (C=O) groups is 3. The number of urea groups is 1.